The van der Waals surface area contributed by atoms with Gasteiger partial charge in [0.15, 0.2) is 0 Å². The van der Waals surface area contributed by atoms with Gasteiger partial charge in [-0.15, -0.1) is 0 Å². The van der Waals surface area contributed by atoms with Gasteiger partial charge < -0.3 is 10.4 Å². The van der Waals surface area contributed by atoms with Crippen LogP contribution in [0.1, 0.15) is 5.56 Å². The van der Waals surface area contributed by atoms with Gasteiger partial charge in [0.05, 0.1) is 4.47 Å². The van der Waals surface area contributed by atoms with Gasteiger partial charge in [0, 0.05) is 20.2 Å². The van der Waals surface area contributed by atoms with E-state index in [1.165, 1.54) is 6.08 Å². The third kappa shape index (κ3) is 4.67. The van der Waals surface area contributed by atoms with Gasteiger partial charge in [0.1, 0.15) is 17.4 Å². The minimum absolute atomic E-state index is 0.0452. The molecule has 0 saturated carbocycles. The molecule has 0 heterocycles. The largest absolute Gasteiger partial charge is 0.506 e. The lowest BCUT2D eigenvalue weighted by Crippen LogP contribution is -2.13. The molecule has 2 aromatic rings. The Balaban J connectivity index is 2.32. The lowest BCUT2D eigenvalue weighted by atomic mass is 10.1. The van der Waals surface area contributed by atoms with Crippen molar-refractivity contribution in [3.8, 4) is 11.8 Å². The Kier molecular flexibility index (Phi) is 5.99. The summed E-state index contributed by atoms with van der Waals surface area (Å²) in [6.45, 7) is 0. The number of phenols is 1. The van der Waals surface area contributed by atoms with Crippen LogP contribution in [0.5, 0.6) is 5.75 Å². The molecule has 4 nitrogen and oxygen atoms in total. The van der Waals surface area contributed by atoms with Gasteiger partial charge in [-0.05, 0) is 52.3 Å². The number of anilines is 1. The van der Waals surface area contributed by atoms with Gasteiger partial charge in [0.25, 0.3) is 5.91 Å². The third-order valence-electron chi connectivity index (χ3n) is 2.81. The summed E-state index contributed by atoms with van der Waals surface area (Å²) in [4.78, 5) is 12.2. The molecule has 0 spiro atoms. The second kappa shape index (κ2) is 7.77. The number of amides is 1. The van der Waals surface area contributed by atoms with Crippen molar-refractivity contribution in [1.82, 2.24) is 0 Å². The van der Waals surface area contributed by atoms with E-state index < -0.39 is 5.91 Å². The summed E-state index contributed by atoms with van der Waals surface area (Å²) < 4.78 is 1.98. The van der Waals surface area contributed by atoms with Gasteiger partial charge in [-0.1, -0.05) is 37.9 Å². The summed E-state index contributed by atoms with van der Waals surface area (Å²) in [5, 5.41) is 21.9. The highest BCUT2D eigenvalue weighted by atomic mass is 79.9. The first-order valence-electron chi connectivity index (χ1n) is 6.27. The highest BCUT2D eigenvalue weighted by Gasteiger charge is 2.12. The number of phenolic OH excluding ortho intramolecular Hbond substituents is 1. The van der Waals surface area contributed by atoms with Gasteiger partial charge >= 0.3 is 0 Å². The average Bonchev–Trinajstić information content (AvgIpc) is 2.49. The number of carbonyl (C=O) groups is 1. The minimum Gasteiger partial charge on any atom is -0.506 e. The van der Waals surface area contributed by atoms with Crippen LogP contribution in [0.25, 0.3) is 6.08 Å². The number of carbonyl (C=O) groups excluding carboxylic acids is 1. The molecule has 2 aromatic carbocycles. The molecule has 0 atom stereocenters. The number of halogens is 3. The zero-order valence-electron chi connectivity index (χ0n) is 11.5. The molecule has 2 N–H and O–H groups in total. The minimum atomic E-state index is -0.555. The first-order valence-corrected chi connectivity index (χ1v) is 8.65. The number of hydrogen-bond donors (Lipinski definition) is 2. The Bertz CT molecular complexity index is 842. The van der Waals surface area contributed by atoms with E-state index in [0.717, 1.165) is 4.47 Å². The monoisotopic (exact) mass is 498 g/mol. The molecule has 0 unspecified atom stereocenters. The summed E-state index contributed by atoms with van der Waals surface area (Å²) in [6.07, 6.45) is 1.33. The molecule has 0 saturated heterocycles. The van der Waals surface area contributed by atoms with Crippen molar-refractivity contribution >= 4 is 65.5 Å². The van der Waals surface area contributed by atoms with E-state index >= 15 is 0 Å². The topological polar surface area (TPSA) is 73.1 Å². The molecular formula is C16H9Br3N2O2. The fourth-order valence-corrected chi connectivity index (χ4v) is 3.42. The summed E-state index contributed by atoms with van der Waals surface area (Å²) >= 11 is 9.82. The lowest BCUT2D eigenvalue weighted by Gasteiger charge is -2.06. The predicted molar refractivity (Wildman–Crippen MR) is 99.9 cm³/mol. The van der Waals surface area contributed by atoms with Crippen molar-refractivity contribution in [3.05, 3.63) is 61.0 Å². The fraction of sp³-hybridized carbons (Fsp3) is 0. The predicted octanol–water partition coefficient (Wildman–Crippen LogP) is 5.23. The van der Waals surface area contributed by atoms with E-state index in [1.807, 2.05) is 12.1 Å². The number of nitrogens with zero attached hydrogens (tertiary/aromatic N) is 1. The van der Waals surface area contributed by atoms with Gasteiger partial charge in [0.2, 0.25) is 0 Å². The van der Waals surface area contributed by atoms with Crippen LogP contribution in [-0.2, 0) is 4.79 Å². The van der Waals surface area contributed by atoms with Crippen molar-refractivity contribution < 1.29 is 9.90 Å². The maximum absolute atomic E-state index is 12.2. The Morgan fingerprint density at radius 1 is 1.17 bits per heavy atom. The van der Waals surface area contributed by atoms with E-state index in [-0.39, 0.29) is 11.3 Å². The smallest absolute Gasteiger partial charge is 0.266 e. The molecule has 0 aliphatic heterocycles. The number of nitrogens with one attached hydrogen (secondary N) is 1. The number of hydrogen-bond acceptors (Lipinski definition) is 3. The van der Waals surface area contributed by atoms with Gasteiger partial charge in [-0.2, -0.15) is 5.26 Å². The van der Waals surface area contributed by atoms with Crippen LogP contribution in [0.4, 0.5) is 5.69 Å². The number of nitriles is 1. The molecule has 0 bridgehead atoms. The quantitative estimate of drug-likeness (QED) is 0.448. The zero-order chi connectivity index (χ0) is 17.0. The Labute approximate surface area is 158 Å². The van der Waals surface area contributed by atoms with Crippen LogP contribution >= 0.6 is 47.8 Å². The average molecular weight is 501 g/mol. The van der Waals surface area contributed by atoms with Crippen molar-refractivity contribution in [2.24, 2.45) is 0 Å². The van der Waals surface area contributed by atoms with E-state index in [4.69, 9.17) is 0 Å². The second-order valence-corrected chi connectivity index (χ2v) is 7.15. The normalized spacial score (nSPS) is 11.0. The fourth-order valence-electron chi connectivity index (χ4n) is 1.76. The summed E-state index contributed by atoms with van der Waals surface area (Å²) in [5.74, 6) is -0.600. The zero-order valence-corrected chi connectivity index (χ0v) is 16.2. The van der Waals surface area contributed by atoms with Crippen molar-refractivity contribution in [3.63, 3.8) is 0 Å². The van der Waals surface area contributed by atoms with Crippen LogP contribution < -0.4 is 5.32 Å². The van der Waals surface area contributed by atoms with Crippen LogP contribution in [0, 0.1) is 11.3 Å². The first kappa shape index (κ1) is 17.7. The van der Waals surface area contributed by atoms with Crippen LogP contribution in [0.2, 0.25) is 0 Å². The maximum Gasteiger partial charge on any atom is 0.266 e. The van der Waals surface area contributed by atoms with Crippen molar-refractivity contribution in [1.29, 1.82) is 5.26 Å². The van der Waals surface area contributed by atoms with E-state index in [2.05, 4.69) is 53.1 Å². The Morgan fingerprint density at radius 3 is 2.57 bits per heavy atom. The SMILES string of the molecule is N#C/C(=C/c1cc(Br)cc(Br)c1O)C(=O)Nc1cccc(Br)c1. The van der Waals surface area contributed by atoms with Crippen LogP contribution in [0.3, 0.4) is 0 Å². The number of aromatic hydroxyl groups is 1. The maximum atomic E-state index is 12.2. The summed E-state index contributed by atoms with van der Waals surface area (Å²) in [7, 11) is 0. The van der Waals surface area contributed by atoms with Crippen molar-refractivity contribution in [2.75, 3.05) is 5.32 Å². The molecule has 0 fully saturated rings. The second-order valence-electron chi connectivity index (χ2n) is 4.46. The highest BCUT2D eigenvalue weighted by molar-refractivity contribution is 9.11. The van der Waals surface area contributed by atoms with Gasteiger partial charge in [-0.3, -0.25) is 4.79 Å². The summed E-state index contributed by atoms with van der Waals surface area (Å²) in [6, 6.07) is 12.2. The molecule has 1 amide bonds. The molecule has 23 heavy (non-hydrogen) atoms. The van der Waals surface area contributed by atoms with Crippen LogP contribution in [-0.4, -0.2) is 11.0 Å². The van der Waals surface area contributed by atoms with Gasteiger partial charge in [-0.25, -0.2) is 0 Å². The highest BCUT2D eigenvalue weighted by Crippen LogP contribution is 2.33. The Hall–Kier alpha value is -1.62. The molecule has 0 aliphatic rings. The molecule has 7 heteroatoms. The lowest BCUT2D eigenvalue weighted by molar-refractivity contribution is -0.112. The Morgan fingerprint density at radius 2 is 1.91 bits per heavy atom. The molecule has 0 radical (unpaired) electrons. The first-order chi connectivity index (χ1) is 10.9. The van der Waals surface area contributed by atoms with Crippen LogP contribution in [0.15, 0.2) is 55.4 Å². The molecular weight excluding hydrogens is 492 g/mol. The molecule has 0 aromatic heterocycles. The van der Waals surface area contributed by atoms with Crippen molar-refractivity contribution in [2.45, 2.75) is 0 Å². The van der Waals surface area contributed by atoms with E-state index in [1.54, 1.807) is 30.3 Å². The van der Waals surface area contributed by atoms with E-state index in [9.17, 15) is 15.2 Å². The summed E-state index contributed by atoms with van der Waals surface area (Å²) in [5.41, 5.74) is 0.794. The van der Waals surface area contributed by atoms with E-state index in [0.29, 0.717) is 20.2 Å². The molecule has 0 aliphatic carbocycles. The third-order valence-corrected chi connectivity index (χ3v) is 4.36. The standard InChI is InChI=1S/C16H9Br3N2O2/c17-11-2-1-3-13(6-11)21-16(23)10(8-20)4-9-5-12(18)7-14(19)15(9)22/h1-7,22H,(H,21,23)/b10-4-. The molecule has 116 valence electrons. The molecule has 2 rings (SSSR count). The number of rotatable bonds is 3. The number of benzene rings is 2.